The standard InChI is InChI=1S/C28H28N2O3.C25H22N2O2/c1-2-25(31)33-27-22-10-3-4-12-23(22)30(28(27)32)20-13-15-29(16-14-20)24-17-19-9-5-7-18-8-6-11-21(24)26(18)19;28-24-20-8-1-2-10-21(20)27(25(24)29)18-11-13-26(14-12-18)22-15-17-7-3-5-16-6-4-9-19(22)23(16)17/h3-12,20,24,27H,2,13-17H2,1H3;1-10,18,22H,11-15H2. The molecule has 12 rings (SSSR count). The summed E-state index contributed by atoms with van der Waals surface area (Å²) in [5.74, 6) is -1.16. The van der Waals surface area contributed by atoms with Gasteiger partial charge in [-0.2, -0.15) is 0 Å². The number of nitrogens with zero attached hydrogens (tertiary/aromatic N) is 4. The number of likely N-dealkylation sites (tertiary alicyclic amines) is 2. The average molecular weight is 823 g/mol. The third-order valence-electron chi connectivity index (χ3n) is 14.5. The first-order chi connectivity index (χ1) is 30.4. The van der Waals surface area contributed by atoms with Crippen molar-refractivity contribution in [2.75, 3.05) is 36.0 Å². The van der Waals surface area contributed by atoms with Gasteiger partial charge in [-0.15, -0.1) is 0 Å². The Kier molecular flexibility index (Phi) is 9.77. The third kappa shape index (κ3) is 6.35. The number of para-hydroxylation sites is 2. The summed E-state index contributed by atoms with van der Waals surface area (Å²) in [6.07, 6.45) is 5.20. The van der Waals surface area contributed by atoms with Gasteiger partial charge in [-0.05, 0) is 101 Å². The molecule has 2 amide bonds. The van der Waals surface area contributed by atoms with E-state index in [-0.39, 0.29) is 42.1 Å². The van der Waals surface area contributed by atoms with Crippen molar-refractivity contribution < 1.29 is 23.9 Å². The molecule has 2 saturated heterocycles. The number of carbonyl (C=O) groups excluding carboxylic acids is 4. The van der Waals surface area contributed by atoms with Crippen LogP contribution in [0.15, 0.2) is 121 Å². The van der Waals surface area contributed by atoms with Gasteiger partial charge in [-0.25, -0.2) is 0 Å². The highest BCUT2D eigenvalue weighted by atomic mass is 16.5. The van der Waals surface area contributed by atoms with Gasteiger partial charge in [-0.1, -0.05) is 110 Å². The summed E-state index contributed by atoms with van der Waals surface area (Å²) in [5.41, 5.74) is 8.82. The van der Waals surface area contributed by atoms with Crippen molar-refractivity contribution in [3.63, 3.8) is 0 Å². The zero-order valence-corrected chi connectivity index (χ0v) is 35.0. The van der Waals surface area contributed by atoms with Crippen LogP contribution in [0.3, 0.4) is 0 Å². The van der Waals surface area contributed by atoms with E-state index in [0.29, 0.717) is 17.6 Å². The van der Waals surface area contributed by atoms with Crippen molar-refractivity contribution in [1.82, 2.24) is 9.80 Å². The van der Waals surface area contributed by atoms with Crippen LogP contribution in [0.4, 0.5) is 11.4 Å². The maximum atomic E-state index is 13.4. The van der Waals surface area contributed by atoms with Gasteiger partial charge in [-0.3, -0.25) is 29.0 Å². The van der Waals surface area contributed by atoms with Gasteiger partial charge in [0.1, 0.15) is 0 Å². The number of benzene rings is 6. The number of rotatable bonds is 6. The number of hydrogen-bond acceptors (Lipinski definition) is 7. The van der Waals surface area contributed by atoms with E-state index in [1.807, 2.05) is 47.4 Å². The van der Waals surface area contributed by atoms with Gasteiger partial charge in [0.05, 0.1) is 16.9 Å². The normalized spacial score (nSPS) is 22.3. The summed E-state index contributed by atoms with van der Waals surface area (Å²) < 4.78 is 5.55. The summed E-state index contributed by atoms with van der Waals surface area (Å²) in [6, 6.07) is 42.7. The van der Waals surface area contributed by atoms with Crippen LogP contribution >= 0.6 is 0 Å². The van der Waals surface area contributed by atoms with Gasteiger partial charge < -0.3 is 14.5 Å². The average Bonchev–Trinajstić information content (AvgIpc) is 4.04. The first-order valence-corrected chi connectivity index (χ1v) is 22.5. The van der Waals surface area contributed by atoms with Crippen molar-refractivity contribution in [1.29, 1.82) is 0 Å². The van der Waals surface area contributed by atoms with Crippen molar-refractivity contribution >= 4 is 56.5 Å². The Morgan fingerprint density at radius 1 is 0.565 bits per heavy atom. The Morgan fingerprint density at radius 3 is 1.61 bits per heavy atom. The molecule has 3 atom stereocenters. The molecule has 62 heavy (non-hydrogen) atoms. The largest absolute Gasteiger partial charge is 0.447 e. The second kappa shape index (κ2) is 15.6. The Hall–Kier alpha value is -6.16. The molecular weight excluding hydrogens is 773 g/mol. The van der Waals surface area contributed by atoms with Crippen LogP contribution in [-0.2, 0) is 32.0 Å². The lowest BCUT2D eigenvalue weighted by Gasteiger charge is -2.40. The van der Waals surface area contributed by atoms with Gasteiger partial charge >= 0.3 is 5.97 Å². The fraction of sp³-hybridized carbons (Fsp3) is 0.321. The van der Waals surface area contributed by atoms with Crippen molar-refractivity contribution in [3.8, 4) is 0 Å². The lowest BCUT2D eigenvalue weighted by molar-refractivity contribution is -0.154. The minimum Gasteiger partial charge on any atom is -0.447 e. The lowest BCUT2D eigenvalue weighted by Crippen LogP contribution is -2.47. The maximum Gasteiger partial charge on any atom is 0.306 e. The highest BCUT2D eigenvalue weighted by Crippen LogP contribution is 2.45. The Balaban J connectivity index is 0.000000140. The molecule has 0 N–H and O–H groups in total. The summed E-state index contributed by atoms with van der Waals surface area (Å²) >= 11 is 0. The van der Waals surface area contributed by atoms with Crippen molar-refractivity contribution in [2.24, 2.45) is 0 Å². The van der Waals surface area contributed by atoms with E-state index in [0.717, 1.165) is 81.6 Å². The molecule has 6 aliphatic rings. The van der Waals surface area contributed by atoms with Gasteiger partial charge in [0.2, 0.25) is 6.10 Å². The highest BCUT2D eigenvalue weighted by Gasteiger charge is 2.45. The molecule has 4 heterocycles. The molecule has 0 saturated carbocycles. The van der Waals surface area contributed by atoms with Crippen LogP contribution in [-0.4, -0.2) is 71.6 Å². The Morgan fingerprint density at radius 2 is 1.05 bits per heavy atom. The van der Waals surface area contributed by atoms with E-state index in [2.05, 4.69) is 82.6 Å². The highest BCUT2D eigenvalue weighted by molar-refractivity contribution is 6.52. The smallest absolute Gasteiger partial charge is 0.306 e. The minimum atomic E-state index is -0.811. The van der Waals surface area contributed by atoms with E-state index < -0.39 is 6.10 Å². The number of amides is 2. The van der Waals surface area contributed by atoms with E-state index in [4.69, 9.17) is 4.74 Å². The summed E-state index contributed by atoms with van der Waals surface area (Å²) in [7, 11) is 0. The van der Waals surface area contributed by atoms with E-state index in [1.165, 1.54) is 43.8 Å². The zero-order chi connectivity index (χ0) is 42.1. The van der Waals surface area contributed by atoms with Crippen LogP contribution in [0.2, 0.25) is 0 Å². The fourth-order valence-electron chi connectivity index (χ4n) is 11.6. The van der Waals surface area contributed by atoms with Crippen LogP contribution in [0.25, 0.3) is 21.5 Å². The van der Waals surface area contributed by atoms with Gasteiger partial charge in [0.15, 0.2) is 0 Å². The first kappa shape index (κ1) is 38.7. The maximum absolute atomic E-state index is 13.4. The minimum absolute atomic E-state index is 0.102. The molecule has 0 radical (unpaired) electrons. The molecule has 3 unspecified atom stereocenters. The number of piperidine rings is 2. The van der Waals surface area contributed by atoms with Crippen LogP contribution < -0.4 is 9.80 Å². The first-order valence-electron chi connectivity index (χ1n) is 22.5. The topological polar surface area (TPSA) is 90.5 Å². The fourth-order valence-corrected chi connectivity index (χ4v) is 11.6. The molecule has 4 aliphatic heterocycles. The molecule has 2 fully saturated rings. The van der Waals surface area contributed by atoms with Crippen LogP contribution in [0, 0.1) is 0 Å². The molecule has 312 valence electrons. The molecule has 0 bridgehead atoms. The molecule has 9 nitrogen and oxygen atoms in total. The Bertz CT molecular complexity index is 2770. The van der Waals surface area contributed by atoms with Crippen LogP contribution in [0.5, 0.6) is 0 Å². The molecule has 6 aromatic rings. The van der Waals surface area contributed by atoms with E-state index in [1.54, 1.807) is 17.9 Å². The summed E-state index contributed by atoms with van der Waals surface area (Å²) in [4.78, 5) is 59.1. The second-order valence-corrected chi connectivity index (χ2v) is 17.7. The van der Waals surface area contributed by atoms with Gasteiger partial charge in [0.25, 0.3) is 17.6 Å². The number of carbonyl (C=O) groups is 4. The van der Waals surface area contributed by atoms with Crippen molar-refractivity contribution in [3.05, 3.63) is 155 Å². The molecule has 0 spiro atoms. The zero-order valence-electron chi connectivity index (χ0n) is 35.0. The number of Topliss-reactive ketones (excluding diaryl/α,β-unsaturated/α-hetero) is 1. The lowest BCUT2D eigenvalue weighted by atomic mass is 9.98. The van der Waals surface area contributed by atoms with Gasteiger partial charge in [0, 0.05) is 62.3 Å². The predicted molar refractivity (Wildman–Crippen MR) is 241 cm³/mol. The molecule has 2 aliphatic carbocycles. The van der Waals surface area contributed by atoms with Crippen molar-refractivity contribution in [2.45, 2.75) is 82.1 Å². The summed E-state index contributed by atoms with van der Waals surface area (Å²) in [6.45, 7) is 5.54. The number of fused-ring (bicyclic) bond motifs is 2. The number of ketones is 1. The van der Waals surface area contributed by atoms with E-state index in [9.17, 15) is 19.2 Å². The van der Waals surface area contributed by atoms with Crippen LogP contribution in [0.1, 0.15) is 95.4 Å². The molecule has 0 aromatic heterocycles. The molecular formula is C53H50N4O5. The molecule has 6 aromatic carbocycles. The number of esters is 1. The summed E-state index contributed by atoms with van der Waals surface area (Å²) in [5, 5.41) is 5.51. The quantitative estimate of drug-likeness (QED) is 0.122. The Labute approximate surface area is 361 Å². The SMILES string of the molecule is CCC(=O)OC1C(=O)N(C2CCN(C3Cc4cccc5cccc3c45)CC2)c2ccccc21.O=C1C(=O)N(C2CCN(C3Cc4cccc5cccc3c45)CC2)c2ccccc21. The predicted octanol–water partition coefficient (Wildman–Crippen LogP) is 9.07. The second-order valence-electron chi connectivity index (χ2n) is 17.7. The molecule has 9 heteroatoms. The number of ether oxygens (including phenoxy) is 1. The van der Waals surface area contributed by atoms with E-state index >= 15 is 0 Å². The third-order valence-corrected chi connectivity index (χ3v) is 14.5. The number of anilines is 2. The monoisotopic (exact) mass is 822 g/mol. The number of hydrogen-bond donors (Lipinski definition) is 0.